The maximum Gasteiger partial charge on any atom is 0.490 e. The molecule has 1 heterocycles. The molecule has 0 amide bonds. The summed E-state index contributed by atoms with van der Waals surface area (Å²) in [7, 11) is 0. The van der Waals surface area contributed by atoms with Crippen LogP contribution in [-0.4, -0.2) is 38.5 Å². The second kappa shape index (κ2) is 7.80. The highest BCUT2D eigenvalue weighted by molar-refractivity contribution is 5.73. The zero-order chi connectivity index (χ0) is 15.9. The summed E-state index contributed by atoms with van der Waals surface area (Å²) in [5.41, 5.74) is 5.62. The van der Waals surface area contributed by atoms with Crippen LogP contribution < -0.4 is 5.73 Å². The number of hydrogen-bond donors (Lipinski definition) is 3. The molecule has 0 radical (unpaired) electrons. The van der Waals surface area contributed by atoms with E-state index >= 15 is 0 Å². The summed E-state index contributed by atoms with van der Waals surface area (Å²) in [5.74, 6) is -1.95. The number of aliphatic carboxylic acids is 1. The molecular weight excluding hydrogens is 283 g/mol. The van der Waals surface area contributed by atoms with E-state index in [0.717, 1.165) is 0 Å². The summed E-state index contributed by atoms with van der Waals surface area (Å²) in [6, 6.07) is -0.342. The first-order valence-electron chi connectivity index (χ1n) is 5.69. The first-order valence-corrected chi connectivity index (χ1v) is 5.69. The topological polar surface area (TPSA) is 122 Å². The average Bonchev–Trinajstić information content (AvgIpc) is 2.85. The largest absolute Gasteiger partial charge is 0.490 e. The summed E-state index contributed by atoms with van der Waals surface area (Å²) < 4.78 is 36.6. The number of rotatable bonds is 4. The van der Waals surface area contributed by atoms with Crippen LogP contribution in [0, 0.1) is 0 Å². The van der Waals surface area contributed by atoms with E-state index in [2.05, 4.69) is 10.1 Å². The van der Waals surface area contributed by atoms with Gasteiger partial charge in [0.15, 0.2) is 5.82 Å². The number of alkyl halides is 3. The second-order valence-corrected chi connectivity index (χ2v) is 3.72. The molecule has 1 aromatic heterocycles. The molecule has 10 heteroatoms. The monoisotopic (exact) mass is 299 g/mol. The Morgan fingerprint density at radius 3 is 2.25 bits per heavy atom. The van der Waals surface area contributed by atoms with Crippen LogP contribution in [0.3, 0.4) is 0 Å². The number of carbonyl (C=O) groups is 1. The Balaban J connectivity index is 0.000000441. The summed E-state index contributed by atoms with van der Waals surface area (Å²) >= 11 is 0. The number of hydrogen-bond acceptors (Lipinski definition) is 6. The van der Waals surface area contributed by atoms with Gasteiger partial charge < -0.3 is 20.5 Å². The quantitative estimate of drug-likeness (QED) is 0.759. The van der Waals surface area contributed by atoms with E-state index in [4.69, 9.17) is 20.2 Å². The summed E-state index contributed by atoms with van der Waals surface area (Å²) in [5, 5.41) is 20.4. The molecular formula is C10H16F3N3O4. The number of aliphatic hydroxyl groups excluding tert-OH is 1. The zero-order valence-electron chi connectivity index (χ0n) is 10.9. The fourth-order valence-corrected chi connectivity index (χ4v) is 0.938. The number of aryl methyl sites for hydroxylation is 1. The number of aliphatic hydroxyl groups is 1. The lowest BCUT2D eigenvalue weighted by atomic mass is 10.1. The molecule has 0 saturated carbocycles. The molecule has 20 heavy (non-hydrogen) atoms. The number of carboxylic acids is 1. The number of nitrogens with zero attached hydrogens (tertiary/aromatic N) is 2. The van der Waals surface area contributed by atoms with Gasteiger partial charge in [0.2, 0.25) is 0 Å². The first-order chi connectivity index (χ1) is 9.13. The van der Waals surface area contributed by atoms with E-state index in [1.807, 2.05) is 13.8 Å². The molecule has 0 aliphatic rings. The van der Waals surface area contributed by atoms with Crippen molar-refractivity contribution in [1.29, 1.82) is 0 Å². The predicted molar refractivity (Wildman–Crippen MR) is 60.6 cm³/mol. The van der Waals surface area contributed by atoms with Crippen LogP contribution in [0.5, 0.6) is 0 Å². The van der Waals surface area contributed by atoms with Crippen LogP contribution in [0.1, 0.15) is 38.1 Å². The lowest BCUT2D eigenvalue weighted by molar-refractivity contribution is -0.192. The third-order valence-corrected chi connectivity index (χ3v) is 2.17. The summed E-state index contributed by atoms with van der Waals surface area (Å²) in [6.07, 6.45) is -4.57. The number of halogens is 3. The van der Waals surface area contributed by atoms with Gasteiger partial charge in [-0.1, -0.05) is 19.0 Å². The van der Waals surface area contributed by atoms with E-state index in [1.54, 1.807) is 0 Å². The third-order valence-electron chi connectivity index (χ3n) is 2.17. The predicted octanol–water partition coefficient (Wildman–Crippen LogP) is 1.04. The van der Waals surface area contributed by atoms with Crippen LogP contribution in [0.4, 0.5) is 13.2 Å². The van der Waals surface area contributed by atoms with Crippen molar-refractivity contribution in [3.8, 4) is 0 Å². The van der Waals surface area contributed by atoms with Crippen molar-refractivity contribution in [3.63, 3.8) is 0 Å². The SMILES string of the molecule is CCc1noc([C@@H](O)C(N)CC)n1.O=C(O)C(F)(F)F. The maximum absolute atomic E-state index is 10.6. The molecule has 116 valence electrons. The van der Waals surface area contributed by atoms with Crippen molar-refractivity contribution in [2.45, 2.75) is 45.0 Å². The number of carboxylic acid groups (broad SMARTS) is 1. The molecule has 1 aromatic rings. The van der Waals surface area contributed by atoms with Crippen LogP contribution in [0.25, 0.3) is 0 Å². The van der Waals surface area contributed by atoms with Gasteiger partial charge in [-0.05, 0) is 6.42 Å². The van der Waals surface area contributed by atoms with Gasteiger partial charge in [0.05, 0.1) is 0 Å². The summed E-state index contributed by atoms with van der Waals surface area (Å²) in [4.78, 5) is 12.9. The molecule has 2 atom stereocenters. The zero-order valence-corrected chi connectivity index (χ0v) is 10.9. The van der Waals surface area contributed by atoms with Gasteiger partial charge in [0.25, 0.3) is 5.89 Å². The molecule has 0 aliphatic heterocycles. The molecule has 0 bridgehead atoms. The first kappa shape index (κ1) is 18.3. The highest BCUT2D eigenvalue weighted by Crippen LogP contribution is 2.15. The van der Waals surface area contributed by atoms with E-state index in [1.165, 1.54) is 0 Å². The lowest BCUT2D eigenvalue weighted by Crippen LogP contribution is -2.27. The molecule has 0 spiro atoms. The van der Waals surface area contributed by atoms with Crippen molar-refractivity contribution >= 4 is 5.97 Å². The standard InChI is InChI=1S/C8H15N3O2.C2HF3O2/c1-3-5(9)7(12)8-10-6(4-2)11-13-8;3-2(4,5)1(6)7/h5,7,12H,3-4,9H2,1-2H3;(H,6,7)/t5?,7-;/m0./s1. The second-order valence-electron chi connectivity index (χ2n) is 3.72. The third kappa shape index (κ3) is 5.97. The van der Waals surface area contributed by atoms with E-state index in [9.17, 15) is 18.3 Å². The van der Waals surface area contributed by atoms with Crippen molar-refractivity contribution < 1.29 is 32.7 Å². The minimum Gasteiger partial charge on any atom is -0.475 e. The number of nitrogens with two attached hydrogens (primary N) is 1. The van der Waals surface area contributed by atoms with Crippen LogP contribution in [-0.2, 0) is 11.2 Å². The smallest absolute Gasteiger partial charge is 0.475 e. The Hall–Kier alpha value is -1.68. The summed E-state index contributed by atoms with van der Waals surface area (Å²) in [6.45, 7) is 3.81. The molecule has 1 unspecified atom stereocenters. The molecule has 1 rings (SSSR count). The Morgan fingerprint density at radius 2 is 1.95 bits per heavy atom. The van der Waals surface area contributed by atoms with Crippen molar-refractivity contribution in [1.82, 2.24) is 10.1 Å². The molecule has 0 aromatic carbocycles. The van der Waals surface area contributed by atoms with Crippen LogP contribution >= 0.6 is 0 Å². The molecule has 7 nitrogen and oxygen atoms in total. The van der Waals surface area contributed by atoms with Gasteiger partial charge in [-0.25, -0.2) is 4.79 Å². The highest BCUT2D eigenvalue weighted by Gasteiger charge is 2.38. The average molecular weight is 299 g/mol. The Kier molecular flexibility index (Phi) is 7.14. The molecule has 0 aliphatic carbocycles. The van der Waals surface area contributed by atoms with Crippen LogP contribution in [0.2, 0.25) is 0 Å². The fourth-order valence-electron chi connectivity index (χ4n) is 0.938. The lowest BCUT2D eigenvalue weighted by Gasteiger charge is -2.11. The van der Waals surface area contributed by atoms with E-state index < -0.39 is 18.2 Å². The van der Waals surface area contributed by atoms with Crippen LogP contribution in [0.15, 0.2) is 4.52 Å². The van der Waals surface area contributed by atoms with Crippen molar-refractivity contribution in [3.05, 3.63) is 11.7 Å². The van der Waals surface area contributed by atoms with Gasteiger partial charge >= 0.3 is 12.1 Å². The van der Waals surface area contributed by atoms with Gasteiger partial charge in [-0.15, -0.1) is 0 Å². The maximum atomic E-state index is 10.6. The van der Waals surface area contributed by atoms with E-state index in [0.29, 0.717) is 18.7 Å². The molecule has 4 N–H and O–H groups in total. The Morgan fingerprint density at radius 1 is 1.45 bits per heavy atom. The van der Waals surface area contributed by atoms with Gasteiger partial charge in [0.1, 0.15) is 6.10 Å². The van der Waals surface area contributed by atoms with Gasteiger partial charge in [-0.3, -0.25) is 0 Å². The molecule has 0 fully saturated rings. The van der Waals surface area contributed by atoms with E-state index in [-0.39, 0.29) is 11.9 Å². The molecule has 0 saturated heterocycles. The minimum absolute atomic E-state index is 0.214. The minimum atomic E-state index is -5.08. The van der Waals surface area contributed by atoms with Gasteiger partial charge in [0, 0.05) is 12.5 Å². The van der Waals surface area contributed by atoms with Crippen molar-refractivity contribution in [2.75, 3.05) is 0 Å². The normalized spacial score (nSPS) is 14.2. The highest BCUT2D eigenvalue weighted by atomic mass is 19.4. The Labute approximate surface area is 112 Å². The Bertz CT molecular complexity index is 422. The fraction of sp³-hybridized carbons (Fsp3) is 0.700. The van der Waals surface area contributed by atoms with Crippen molar-refractivity contribution in [2.24, 2.45) is 5.73 Å². The van der Waals surface area contributed by atoms with Gasteiger partial charge in [-0.2, -0.15) is 18.2 Å². The number of aromatic nitrogens is 2.